The zero-order valence-corrected chi connectivity index (χ0v) is 30.5. The maximum Gasteiger partial charge on any atom is 0.313 e. The van der Waals surface area contributed by atoms with E-state index in [2.05, 4.69) is 65.8 Å². The number of fused-ring (bicyclic) bond motifs is 7. The van der Waals surface area contributed by atoms with E-state index in [1.165, 1.54) is 11.1 Å². The minimum absolute atomic E-state index is 0.0284. The molecule has 0 radical (unpaired) electrons. The maximum absolute atomic E-state index is 14.6. The van der Waals surface area contributed by atoms with Gasteiger partial charge in [0.2, 0.25) is 0 Å². The number of hydrogen-bond acceptors (Lipinski definition) is 5. The first-order valence-electron chi connectivity index (χ1n) is 18.4. The summed E-state index contributed by atoms with van der Waals surface area (Å²) in [6.45, 7) is 16.8. The van der Waals surface area contributed by atoms with E-state index in [0.717, 1.165) is 62.5 Å². The quantitative estimate of drug-likeness (QED) is 0.309. The first-order valence-corrected chi connectivity index (χ1v) is 18.4. The van der Waals surface area contributed by atoms with E-state index in [9.17, 15) is 14.9 Å². The zero-order valence-electron chi connectivity index (χ0n) is 30.5. The molecule has 0 amide bonds. The summed E-state index contributed by atoms with van der Waals surface area (Å²) in [7, 11) is 1.99. The number of carbonyl (C=O) groups excluding carboxylic acids is 2. The van der Waals surface area contributed by atoms with Crippen LogP contribution in [0.1, 0.15) is 117 Å². The molecule has 5 aliphatic carbocycles. The molecule has 8 atom stereocenters. The molecule has 0 bridgehead atoms. The zero-order chi connectivity index (χ0) is 34.5. The smallest absolute Gasteiger partial charge is 0.313 e. The van der Waals surface area contributed by atoms with E-state index in [1.54, 1.807) is 0 Å². The Morgan fingerprint density at radius 1 is 0.979 bits per heavy atom. The third kappa shape index (κ3) is 4.58. The van der Waals surface area contributed by atoms with E-state index in [-0.39, 0.29) is 45.2 Å². The highest BCUT2D eigenvalue weighted by Crippen LogP contribution is 2.77. The van der Waals surface area contributed by atoms with Crippen LogP contribution in [0.2, 0.25) is 0 Å². The fourth-order valence-corrected chi connectivity index (χ4v) is 12.5. The van der Waals surface area contributed by atoms with E-state index in [0.29, 0.717) is 18.9 Å². The van der Waals surface area contributed by atoms with Crippen LogP contribution >= 0.6 is 0 Å². The van der Waals surface area contributed by atoms with Crippen molar-refractivity contribution < 1.29 is 14.3 Å². The molecular formula is C42H55N3O3. The van der Waals surface area contributed by atoms with Gasteiger partial charge in [0.15, 0.2) is 5.78 Å². The minimum Gasteiger partial charge on any atom is -0.460 e. The lowest BCUT2D eigenvalue weighted by Crippen LogP contribution is -2.66. The van der Waals surface area contributed by atoms with Crippen LogP contribution in [0.25, 0.3) is 5.57 Å². The van der Waals surface area contributed by atoms with Crippen molar-refractivity contribution in [2.45, 2.75) is 113 Å². The second kappa shape index (κ2) is 10.9. The molecule has 256 valence electrons. The molecule has 0 N–H and O–H groups in total. The van der Waals surface area contributed by atoms with Gasteiger partial charge in [0.05, 0.1) is 17.7 Å². The molecule has 2 aromatic rings. The number of aryl methyl sites for hydroxylation is 1. The van der Waals surface area contributed by atoms with E-state index >= 15 is 0 Å². The van der Waals surface area contributed by atoms with Gasteiger partial charge in [-0.15, -0.1) is 0 Å². The molecule has 1 heterocycles. The number of rotatable bonds is 4. The summed E-state index contributed by atoms with van der Waals surface area (Å²) < 4.78 is 8.19. The standard InChI is InChI=1S/C42H55N3O3/c1-37(2)16-18-42(36(47)48-26-27-12-10-9-11-13-27)19-17-41(7)34(31(42)22-37)30(29-24-44-45(8)25-29)20-33-39(5)21-28(23-43)35(46)38(3,4)32(39)14-15-40(33,41)6/h9-13,24-25,28,31-33H,14-22,26H2,1-8H3/t28?,31-,32-,33?,39-,40+,41+,42-/m0/s1. The molecule has 0 aliphatic heterocycles. The lowest BCUT2D eigenvalue weighted by molar-refractivity contribution is -0.193. The second-order valence-electron chi connectivity index (χ2n) is 18.5. The van der Waals surface area contributed by atoms with Crippen molar-refractivity contribution in [3.05, 3.63) is 59.4 Å². The van der Waals surface area contributed by atoms with Gasteiger partial charge in [-0.1, -0.05) is 84.4 Å². The van der Waals surface area contributed by atoms with Gasteiger partial charge in [-0.2, -0.15) is 10.4 Å². The van der Waals surface area contributed by atoms with Gasteiger partial charge < -0.3 is 4.74 Å². The first kappa shape index (κ1) is 33.3. The fraction of sp³-hybridized carbons (Fsp3) is 0.667. The van der Waals surface area contributed by atoms with E-state index in [4.69, 9.17) is 4.74 Å². The van der Waals surface area contributed by atoms with E-state index < -0.39 is 16.7 Å². The topological polar surface area (TPSA) is 85.0 Å². The molecule has 0 saturated heterocycles. The molecule has 4 saturated carbocycles. The number of benzene rings is 1. The van der Waals surface area contributed by atoms with Crippen molar-refractivity contribution in [1.82, 2.24) is 9.78 Å². The number of ketones is 1. The Morgan fingerprint density at radius 3 is 2.35 bits per heavy atom. The lowest BCUT2D eigenvalue weighted by atomic mass is 9.32. The molecule has 48 heavy (non-hydrogen) atoms. The highest BCUT2D eigenvalue weighted by Gasteiger charge is 2.71. The maximum atomic E-state index is 14.6. The molecule has 6 nitrogen and oxygen atoms in total. The SMILES string of the molecule is Cn1cc(C2=C3[C@@H]4CC(C)(C)CC[C@]4(C(=O)OCc4ccccc4)CC[C@@]3(C)[C@]3(C)CC[C@H]4C(C)(C)C(=O)C(C#N)C[C@]4(C)C3C2)cn1. The number of allylic oxidation sites excluding steroid dienone is 2. The Kier molecular flexibility index (Phi) is 7.56. The number of ether oxygens (including phenoxy) is 1. The van der Waals surface area contributed by atoms with E-state index in [1.807, 2.05) is 48.3 Å². The number of hydrogen-bond donors (Lipinski definition) is 0. The normalized spacial score (nSPS) is 39.7. The molecule has 2 unspecified atom stereocenters. The summed E-state index contributed by atoms with van der Waals surface area (Å²) in [5.74, 6) is 0.135. The van der Waals surface area contributed by atoms with Crippen LogP contribution in [0, 0.1) is 67.5 Å². The molecule has 1 aromatic heterocycles. The largest absolute Gasteiger partial charge is 0.460 e. The van der Waals surface area contributed by atoms with Crippen LogP contribution in [0.4, 0.5) is 0 Å². The average molecular weight is 650 g/mol. The Bertz CT molecular complexity index is 1710. The minimum atomic E-state index is -0.568. The van der Waals surface area contributed by atoms with Gasteiger partial charge in [-0.05, 0) is 108 Å². The van der Waals surface area contributed by atoms with Crippen LogP contribution < -0.4 is 0 Å². The van der Waals surface area contributed by atoms with Crippen molar-refractivity contribution in [1.29, 1.82) is 5.26 Å². The van der Waals surface area contributed by atoms with Crippen LogP contribution in [0.3, 0.4) is 0 Å². The summed E-state index contributed by atoms with van der Waals surface area (Å²) in [4.78, 5) is 28.3. The molecule has 6 heteroatoms. The average Bonchev–Trinajstić information content (AvgIpc) is 3.48. The second-order valence-corrected chi connectivity index (χ2v) is 18.5. The Balaban J connectivity index is 1.40. The third-order valence-corrected chi connectivity index (χ3v) is 15.3. The predicted molar refractivity (Wildman–Crippen MR) is 187 cm³/mol. The number of aromatic nitrogens is 2. The number of Topliss-reactive ketones (excluding diaryl/α,β-unsaturated/α-hetero) is 1. The van der Waals surface area contributed by atoms with Crippen molar-refractivity contribution in [2.24, 2.45) is 63.2 Å². The Hall–Kier alpha value is -3.20. The van der Waals surface area contributed by atoms with Crippen LogP contribution in [-0.2, 0) is 28.0 Å². The molecular weight excluding hydrogens is 594 g/mol. The Morgan fingerprint density at radius 2 is 1.69 bits per heavy atom. The molecule has 5 aliphatic rings. The van der Waals surface area contributed by atoms with Gasteiger partial charge in [-0.3, -0.25) is 14.3 Å². The Labute approximate surface area is 287 Å². The van der Waals surface area contributed by atoms with Crippen LogP contribution in [-0.4, -0.2) is 21.5 Å². The van der Waals surface area contributed by atoms with Gasteiger partial charge in [0, 0.05) is 24.2 Å². The van der Waals surface area contributed by atoms with Gasteiger partial charge in [0.1, 0.15) is 12.5 Å². The monoisotopic (exact) mass is 649 g/mol. The lowest BCUT2D eigenvalue weighted by Gasteiger charge is -2.71. The molecule has 1 aromatic carbocycles. The number of carbonyl (C=O) groups is 2. The summed E-state index contributed by atoms with van der Waals surface area (Å²) in [6, 6.07) is 12.5. The molecule has 0 spiro atoms. The van der Waals surface area contributed by atoms with Gasteiger partial charge >= 0.3 is 5.97 Å². The third-order valence-electron chi connectivity index (χ3n) is 15.3. The van der Waals surface area contributed by atoms with Crippen molar-refractivity contribution >= 4 is 17.3 Å². The fourth-order valence-electron chi connectivity index (χ4n) is 12.5. The highest BCUT2D eigenvalue weighted by atomic mass is 16.5. The highest BCUT2D eigenvalue weighted by molar-refractivity contribution is 5.90. The van der Waals surface area contributed by atoms with Gasteiger partial charge in [-0.25, -0.2) is 0 Å². The first-order chi connectivity index (χ1) is 22.5. The van der Waals surface area contributed by atoms with Crippen molar-refractivity contribution in [3.63, 3.8) is 0 Å². The van der Waals surface area contributed by atoms with Crippen molar-refractivity contribution in [2.75, 3.05) is 0 Å². The van der Waals surface area contributed by atoms with Gasteiger partial charge in [0.25, 0.3) is 0 Å². The predicted octanol–water partition coefficient (Wildman–Crippen LogP) is 9.11. The summed E-state index contributed by atoms with van der Waals surface area (Å²) in [5, 5.41) is 15.0. The number of esters is 1. The summed E-state index contributed by atoms with van der Waals surface area (Å²) in [6.07, 6.45) is 12.3. The summed E-state index contributed by atoms with van der Waals surface area (Å²) >= 11 is 0. The molecule has 4 fully saturated rings. The van der Waals surface area contributed by atoms with Crippen LogP contribution in [0.5, 0.6) is 0 Å². The number of nitrogens with zero attached hydrogens (tertiary/aromatic N) is 3. The van der Waals surface area contributed by atoms with Crippen molar-refractivity contribution in [3.8, 4) is 6.07 Å². The molecule has 7 rings (SSSR count). The number of nitriles is 1. The van der Waals surface area contributed by atoms with Crippen LogP contribution in [0.15, 0.2) is 48.3 Å². The summed E-state index contributed by atoms with van der Waals surface area (Å²) in [5.41, 5.74) is 3.68.